The highest BCUT2D eigenvalue weighted by Crippen LogP contribution is 2.31. The van der Waals surface area contributed by atoms with Crippen molar-refractivity contribution < 1.29 is 14.5 Å². The third kappa shape index (κ3) is 4.56. The molecule has 1 fully saturated rings. The Bertz CT molecular complexity index is 1100. The number of hydrogen-bond acceptors (Lipinski definition) is 6. The lowest BCUT2D eigenvalue weighted by atomic mass is 10.0. The number of carbonyl (C=O) groups excluding carboxylic acids is 1. The van der Waals surface area contributed by atoms with Crippen LogP contribution in [0.4, 0.5) is 17.1 Å². The van der Waals surface area contributed by atoms with Gasteiger partial charge < -0.3 is 14.5 Å². The summed E-state index contributed by atoms with van der Waals surface area (Å²) in [7, 11) is 1.64. The second-order valence-electron chi connectivity index (χ2n) is 7.68. The number of rotatable bonds is 6. The van der Waals surface area contributed by atoms with Gasteiger partial charge in [-0.3, -0.25) is 14.9 Å². The highest BCUT2D eigenvalue weighted by molar-refractivity contribution is 6.09. The predicted molar refractivity (Wildman–Crippen MR) is 125 cm³/mol. The molecule has 1 aliphatic rings. The van der Waals surface area contributed by atoms with Crippen LogP contribution in [0.15, 0.2) is 72.8 Å². The molecule has 164 valence electrons. The van der Waals surface area contributed by atoms with Crippen LogP contribution in [0.25, 0.3) is 0 Å². The number of hydrogen-bond donors (Lipinski definition) is 0. The molecule has 0 unspecified atom stereocenters. The maximum Gasteiger partial charge on any atom is 0.293 e. The van der Waals surface area contributed by atoms with Crippen molar-refractivity contribution in [1.82, 2.24) is 0 Å². The van der Waals surface area contributed by atoms with Gasteiger partial charge in [0.2, 0.25) is 0 Å². The summed E-state index contributed by atoms with van der Waals surface area (Å²) in [6.45, 7) is 2.97. The molecule has 0 bridgehead atoms. The standard InChI is InChI=1S/C25H25N3O4/c1-32-22-11-9-21(10-12-22)26-14-5-15-27(17-16-26)23-13-8-20(18-24(23)28(30)31)25(29)19-6-3-2-4-7-19/h2-4,6-13,18H,5,14-17H2,1H3. The van der Waals surface area contributed by atoms with Gasteiger partial charge in [-0.2, -0.15) is 0 Å². The van der Waals surface area contributed by atoms with Crippen LogP contribution in [0, 0.1) is 10.1 Å². The number of ether oxygens (including phenoxy) is 1. The lowest BCUT2D eigenvalue weighted by Crippen LogP contribution is -2.31. The van der Waals surface area contributed by atoms with Gasteiger partial charge in [-0.25, -0.2) is 0 Å². The van der Waals surface area contributed by atoms with Crippen molar-refractivity contribution in [3.05, 3.63) is 94.0 Å². The third-order valence-corrected chi connectivity index (χ3v) is 5.74. The Morgan fingerprint density at radius 2 is 1.56 bits per heavy atom. The molecule has 7 heteroatoms. The number of carbonyl (C=O) groups is 1. The summed E-state index contributed by atoms with van der Waals surface area (Å²) in [4.78, 5) is 28.5. The number of nitro groups is 1. The summed E-state index contributed by atoms with van der Waals surface area (Å²) in [5.74, 6) is 0.591. The van der Waals surface area contributed by atoms with E-state index < -0.39 is 4.92 Å². The van der Waals surface area contributed by atoms with Crippen molar-refractivity contribution in [2.24, 2.45) is 0 Å². The van der Waals surface area contributed by atoms with Crippen molar-refractivity contribution >= 4 is 22.8 Å². The molecule has 0 N–H and O–H groups in total. The molecule has 7 nitrogen and oxygen atoms in total. The van der Waals surface area contributed by atoms with E-state index in [-0.39, 0.29) is 11.5 Å². The minimum absolute atomic E-state index is 0.0373. The predicted octanol–water partition coefficient (Wildman–Crippen LogP) is 4.55. The lowest BCUT2D eigenvalue weighted by Gasteiger charge is -2.25. The molecule has 4 rings (SSSR count). The van der Waals surface area contributed by atoms with E-state index in [1.807, 2.05) is 35.2 Å². The first-order valence-electron chi connectivity index (χ1n) is 10.6. The Labute approximate surface area is 187 Å². The summed E-state index contributed by atoms with van der Waals surface area (Å²) in [5.41, 5.74) is 2.45. The molecule has 1 aliphatic heterocycles. The number of benzene rings is 3. The topological polar surface area (TPSA) is 75.9 Å². The summed E-state index contributed by atoms with van der Waals surface area (Å²) in [6, 6.07) is 21.5. The van der Waals surface area contributed by atoms with Gasteiger partial charge in [0.1, 0.15) is 11.4 Å². The summed E-state index contributed by atoms with van der Waals surface area (Å²) in [6.07, 6.45) is 0.869. The van der Waals surface area contributed by atoms with E-state index in [1.165, 1.54) is 6.07 Å². The molecule has 32 heavy (non-hydrogen) atoms. The van der Waals surface area contributed by atoms with Gasteiger partial charge in [-0.1, -0.05) is 30.3 Å². The van der Waals surface area contributed by atoms with E-state index >= 15 is 0 Å². The molecule has 1 heterocycles. The van der Waals surface area contributed by atoms with Crippen LogP contribution in [0.1, 0.15) is 22.3 Å². The van der Waals surface area contributed by atoms with Crippen LogP contribution in [0.3, 0.4) is 0 Å². The SMILES string of the molecule is COc1ccc(N2CCCN(c3ccc(C(=O)c4ccccc4)cc3[N+](=O)[O-])CC2)cc1. The van der Waals surface area contributed by atoms with Crippen molar-refractivity contribution in [3.63, 3.8) is 0 Å². The average molecular weight is 431 g/mol. The largest absolute Gasteiger partial charge is 0.497 e. The first-order chi connectivity index (χ1) is 15.6. The number of anilines is 2. The first-order valence-corrected chi connectivity index (χ1v) is 10.6. The van der Waals surface area contributed by atoms with Crippen molar-refractivity contribution in [2.45, 2.75) is 6.42 Å². The molecule has 0 spiro atoms. The van der Waals surface area contributed by atoms with E-state index in [0.29, 0.717) is 29.9 Å². The molecule has 1 saturated heterocycles. The minimum Gasteiger partial charge on any atom is -0.497 e. The van der Waals surface area contributed by atoms with Gasteiger partial charge in [0.15, 0.2) is 5.78 Å². The molecule has 3 aromatic carbocycles. The van der Waals surface area contributed by atoms with Crippen LogP contribution in [0.2, 0.25) is 0 Å². The second kappa shape index (κ2) is 9.51. The maximum atomic E-state index is 12.8. The molecule has 0 amide bonds. The lowest BCUT2D eigenvalue weighted by molar-refractivity contribution is -0.384. The van der Waals surface area contributed by atoms with E-state index in [0.717, 1.165) is 30.9 Å². The average Bonchev–Trinajstić information content (AvgIpc) is 3.10. The van der Waals surface area contributed by atoms with Gasteiger partial charge in [0, 0.05) is 49.1 Å². The monoisotopic (exact) mass is 431 g/mol. The highest BCUT2D eigenvalue weighted by Gasteiger charge is 2.24. The van der Waals surface area contributed by atoms with Gasteiger partial charge in [0.05, 0.1) is 12.0 Å². The fourth-order valence-electron chi connectivity index (χ4n) is 4.04. The summed E-state index contributed by atoms with van der Waals surface area (Å²) in [5, 5.41) is 11.9. The smallest absolute Gasteiger partial charge is 0.293 e. The molecule has 0 aromatic heterocycles. The summed E-state index contributed by atoms with van der Waals surface area (Å²) < 4.78 is 5.23. The van der Waals surface area contributed by atoms with Gasteiger partial charge in [-0.15, -0.1) is 0 Å². The fraction of sp³-hybridized carbons (Fsp3) is 0.240. The first kappa shape index (κ1) is 21.4. The number of nitro benzene ring substituents is 1. The normalized spacial score (nSPS) is 14.0. The third-order valence-electron chi connectivity index (χ3n) is 5.74. The maximum absolute atomic E-state index is 12.8. The van der Waals surface area contributed by atoms with Gasteiger partial charge in [0.25, 0.3) is 5.69 Å². The Balaban J connectivity index is 1.54. The number of nitrogens with zero attached hydrogens (tertiary/aromatic N) is 3. The van der Waals surface area contributed by atoms with Crippen LogP contribution in [-0.2, 0) is 0 Å². The number of ketones is 1. The van der Waals surface area contributed by atoms with E-state index in [4.69, 9.17) is 4.74 Å². The molecule has 3 aromatic rings. The Hall–Kier alpha value is -3.87. The summed E-state index contributed by atoms with van der Waals surface area (Å²) >= 11 is 0. The van der Waals surface area contributed by atoms with Crippen LogP contribution in [-0.4, -0.2) is 44.0 Å². The number of methoxy groups -OCH3 is 1. The second-order valence-corrected chi connectivity index (χ2v) is 7.68. The Morgan fingerprint density at radius 3 is 2.25 bits per heavy atom. The van der Waals surface area contributed by atoms with Crippen LogP contribution >= 0.6 is 0 Å². The quantitative estimate of drug-likeness (QED) is 0.324. The fourth-order valence-corrected chi connectivity index (χ4v) is 4.04. The minimum atomic E-state index is -0.400. The van der Waals surface area contributed by atoms with Crippen LogP contribution < -0.4 is 14.5 Å². The molecule has 0 saturated carbocycles. The molecular formula is C25H25N3O4. The van der Waals surface area contributed by atoms with Crippen molar-refractivity contribution in [1.29, 1.82) is 0 Å². The Morgan fingerprint density at radius 1 is 0.875 bits per heavy atom. The van der Waals surface area contributed by atoms with Crippen LogP contribution in [0.5, 0.6) is 5.75 Å². The van der Waals surface area contributed by atoms with Gasteiger partial charge in [-0.05, 0) is 42.8 Å². The molecular weight excluding hydrogens is 406 g/mol. The Kier molecular flexibility index (Phi) is 6.35. The molecule has 0 atom stereocenters. The molecule has 0 aliphatic carbocycles. The zero-order valence-corrected chi connectivity index (χ0v) is 17.9. The zero-order valence-electron chi connectivity index (χ0n) is 17.9. The van der Waals surface area contributed by atoms with E-state index in [9.17, 15) is 14.9 Å². The van der Waals surface area contributed by atoms with E-state index in [1.54, 1.807) is 43.5 Å². The molecule has 0 radical (unpaired) electrons. The zero-order chi connectivity index (χ0) is 22.5. The van der Waals surface area contributed by atoms with E-state index in [2.05, 4.69) is 4.90 Å². The highest BCUT2D eigenvalue weighted by atomic mass is 16.6. The van der Waals surface area contributed by atoms with Gasteiger partial charge >= 0.3 is 0 Å². The van der Waals surface area contributed by atoms with Crippen molar-refractivity contribution in [3.8, 4) is 5.75 Å². The van der Waals surface area contributed by atoms with Crippen molar-refractivity contribution in [2.75, 3.05) is 43.1 Å².